The summed E-state index contributed by atoms with van der Waals surface area (Å²) in [5.74, 6) is 0.340. The average molecular weight is 471 g/mol. The summed E-state index contributed by atoms with van der Waals surface area (Å²) in [6, 6.07) is 12.2. The number of rotatable bonds is 8. The standard InChI is InChI=1S/C28H31FN6/c1-7-14-31-28(21(4)32-16-19(2)23-17-33-35(6)18-23)34-25-12-13-27(30-5)26(15-25)20(3)22-8-10-24(29)11-9-22/h7-18,30H,3H2,1-2,4-6H3,(H,31,34)/b14-7-,19-16+,32-21?. The van der Waals surface area contributed by atoms with Gasteiger partial charge in [0.2, 0.25) is 0 Å². The molecule has 0 aliphatic carbocycles. The molecule has 2 aromatic carbocycles. The number of allylic oxidation sites excluding steroid dienone is 2. The zero-order valence-corrected chi connectivity index (χ0v) is 20.8. The van der Waals surface area contributed by atoms with Gasteiger partial charge in [0.1, 0.15) is 5.82 Å². The fourth-order valence-electron chi connectivity index (χ4n) is 3.35. The number of anilines is 2. The molecule has 0 unspecified atom stereocenters. The highest BCUT2D eigenvalue weighted by molar-refractivity contribution is 6.45. The number of nitrogens with zero attached hydrogens (tertiary/aromatic N) is 4. The third kappa shape index (κ3) is 6.63. The van der Waals surface area contributed by atoms with Crippen LogP contribution in [0.1, 0.15) is 37.5 Å². The Morgan fingerprint density at radius 2 is 1.83 bits per heavy atom. The molecule has 0 saturated heterocycles. The van der Waals surface area contributed by atoms with Gasteiger partial charge in [0.15, 0.2) is 5.84 Å². The molecule has 1 aromatic heterocycles. The van der Waals surface area contributed by atoms with Crippen LogP contribution in [0.2, 0.25) is 0 Å². The maximum atomic E-state index is 13.4. The second-order valence-electron chi connectivity index (χ2n) is 8.01. The number of aromatic nitrogens is 2. The minimum absolute atomic E-state index is 0.279. The van der Waals surface area contributed by atoms with Gasteiger partial charge in [0, 0.05) is 55.2 Å². The summed E-state index contributed by atoms with van der Waals surface area (Å²) in [5, 5.41) is 10.8. The van der Waals surface area contributed by atoms with Crippen LogP contribution in [0.25, 0.3) is 11.1 Å². The van der Waals surface area contributed by atoms with Crippen molar-refractivity contribution in [3.05, 3.63) is 102 Å². The zero-order valence-electron chi connectivity index (χ0n) is 20.8. The highest BCUT2D eigenvalue weighted by atomic mass is 19.1. The molecule has 0 radical (unpaired) electrons. The van der Waals surface area contributed by atoms with Gasteiger partial charge in [-0.1, -0.05) is 24.8 Å². The lowest BCUT2D eigenvalue weighted by atomic mass is 9.97. The molecule has 0 amide bonds. The zero-order chi connectivity index (χ0) is 25.4. The van der Waals surface area contributed by atoms with E-state index in [0.717, 1.165) is 44.9 Å². The number of amidine groups is 1. The molecule has 0 aliphatic heterocycles. The molecule has 0 saturated carbocycles. The smallest absolute Gasteiger partial charge is 0.151 e. The highest BCUT2D eigenvalue weighted by Gasteiger charge is 2.11. The van der Waals surface area contributed by atoms with Gasteiger partial charge < -0.3 is 10.6 Å². The molecule has 3 rings (SSSR count). The van der Waals surface area contributed by atoms with Crippen LogP contribution in [0, 0.1) is 5.82 Å². The molecule has 2 N–H and O–H groups in total. The Balaban J connectivity index is 1.91. The fraction of sp³-hybridized carbons (Fsp3) is 0.179. The van der Waals surface area contributed by atoms with E-state index in [9.17, 15) is 4.39 Å². The van der Waals surface area contributed by atoms with Crippen molar-refractivity contribution in [3.8, 4) is 0 Å². The van der Waals surface area contributed by atoms with Gasteiger partial charge >= 0.3 is 0 Å². The Hall–Kier alpha value is -4.26. The lowest BCUT2D eigenvalue weighted by Gasteiger charge is -2.16. The van der Waals surface area contributed by atoms with Crippen LogP contribution in [-0.2, 0) is 7.05 Å². The molecule has 6 nitrogen and oxygen atoms in total. The Bertz CT molecular complexity index is 1310. The van der Waals surface area contributed by atoms with Crippen LogP contribution in [0.3, 0.4) is 0 Å². The van der Waals surface area contributed by atoms with Crippen LogP contribution in [0.15, 0.2) is 89.9 Å². The van der Waals surface area contributed by atoms with Crippen LogP contribution in [0.4, 0.5) is 15.8 Å². The van der Waals surface area contributed by atoms with E-state index >= 15 is 0 Å². The first kappa shape index (κ1) is 25.4. The molecule has 7 heteroatoms. The Morgan fingerprint density at radius 3 is 2.46 bits per heavy atom. The van der Waals surface area contributed by atoms with Crippen molar-refractivity contribution in [2.24, 2.45) is 17.0 Å². The van der Waals surface area contributed by atoms with Crippen molar-refractivity contribution in [1.29, 1.82) is 0 Å². The number of aryl methyl sites for hydroxylation is 1. The van der Waals surface area contributed by atoms with E-state index in [1.165, 1.54) is 12.1 Å². The predicted molar refractivity (Wildman–Crippen MR) is 146 cm³/mol. The van der Waals surface area contributed by atoms with Crippen molar-refractivity contribution in [2.75, 3.05) is 17.7 Å². The van der Waals surface area contributed by atoms with Gasteiger partial charge in [-0.05, 0) is 67.8 Å². The van der Waals surface area contributed by atoms with Crippen molar-refractivity contribution in [3.63, 3.8) is 0 Å². The number of hydrogen-bond donors (Lipinski definition) is 2. The molecule has 180 valence electrons. The Labute approximate surface area is 206 Å². The molecular formula is C28H31FN6. The number of nitrogens with one attached hydrogen (secondary N) is 2. The van der Waals surface area contributed by atoms with Gasteiger partial charge in [-0.25, -0.2) is 9.38 Å². The van der Waals surface area contributed by atoms with E-state index in [1.807, 2.05) is 77.7 Å². The minimum Gasteiger partial charge on any atom is -0.388 e. The summed E-state index contributed by atoms with van der Waals surface area (Å²) >= 11 is 0. The molecule has 0 bridgehead atoms. The Kier molecular flexibility index (Phi) is 8.51. The van der Waals surface area contributed by atoms with Gasteiger partial charge in [-0.3, -0.25) is 9.67 Å². The summed E-state index contributed by atoms with van der Waals surface area (Å²) in [6.07, 6.45) is 9.15. The maximum Gasteiger partial charge on any atom is 0.151 e. The number of halogens is 1. The summed E-state index contributed by atoms with van der Waals surface area (Å²) in [7, 11) is 3.74. The normalized spacial score (nSPS) is 12.8. The van der Waals surface area contributed by atoms with Crippen molar-refractivity contribution >= 4 is 34.1 Å². The third-order valence-corrected chi connectivity index (χ3v) is 5.38. The summed E-state index contributed by atoms with van der Waals surface area (Å²) < 4.78 is 15.2. The van der Waals surface area contributed by atoms with E-state index in [1.54, 1.807) is 23.0 Å². The Morgan fingerprint density at radius 1 is 1.09 bits per heavy atom. The number of benzene rings is 2. The van der Waals surface area contributed by atoms with Crippen molar-refractivity contribution < 1.29 is 4.39 Å². The SMILES string of the molecule is C=C(c1ccc(F)cc1)c1cc(NC(=N/C=C\C)C(C)=N/C=C(\C)c2cnn(C)c2)ccc1NC. The van der Waals surface area contributed by atoms with Gasteiger partial charge in [-0.15, -0.1) is 0 Å². The first-order chi connectivity index (χ1) is 16.8. The van der Waals surface area contributed by atoms with Gasteiger partial charge in [0.05, 0.1) is 11.9 Å². The lowest BCUT2D eigenvalue weighted by molar-refractivity contribution is 0.627. The van der Waals surface area contributed by atoms with Crippen molar-refractivity contribution in [1.82, 2.24) is 9.78 Å². The molecule has 0 fully saturated rings. The third-order valence-electron chi connectivity index (χ3n) is 5.38. The molecule has 0 spiro atoms. The topological polar surface area (TPSA) is 66.6 Å². The first-order valence-corrected chi connectivity index (χ1v) is 11.3. The van der Waals surface area contributed by atoms with E-state index in [4.69, 9.17) is 0 Å². The predicted octanol–water partition coefficient (Wildman–Crippen LogP) is 6.53. The molecule has 3 aromatic rings. The van der Waals surface area contributed by atoms with Crippen LogP contribution in [-0.4, -0.2) is 28.4 Å². The quantitative estimate of drug-likeness (QED) is 0.291. The average Bonchev–Trinajstić information content (AvgIpc) is 3.31. The van der Waals surface area contributed by atoms with Gasteiger partial charge in [0.25, 0.3) is 0 Å². The second-order valence-corrected chi connectivity index (χ2v) is 8.01. The summed E-state index contributed by atoms with van der Waals surface area (Å²) in [4.78, 5) is 9.18. The fourth-order valence-corrected chi connectivity index (χ4v) is 3.35. The molecular weight excluding hydrogens is 439 g/mol. The van der Waals surface area contributed by atoms with E-state index in [0.29, 0.717) is 5.84 Å². The number of aliphatic imine (C=N–C) groups is 2. The van der Waals surface area contributed by atoms with E-state index in [-0.39, 0.29) is 5.82 Å². The molecule has 0 atom stereocenters. The monoisotopic (exact) mass is 470 g/mol. The van der Waals surface area contributed by atoms with Crippen molar-refractivity contribution in [2.45, 2.75) is 20.8 Å². The maximum absolute atomic E-state index is 13.4. The van der Waals surface area contributed by atoms with Crippen LogP contribution in [0.5, 0.6) is 0 Å². The molecule has 0 aliphatic rings. The van der Waals surface area contributed by atoms with Gasteiger partial charge in [-0.2, -0.15) is 5.10 Å². The van der Waals surface area contributed by atoms with E-state index in [2.05, 4.69) is 32.3 Å². The molecule has 35 heavy (non-hydrogen) atoms. The van der Waals surface area contributed by atoms with E-state index < -0.39 is 0 Å². The largest absolute Gasteiger partial charge is 0.388 e. The van der Waals surface area contributed by atoms with Crippen LogP contribution >= 0.6 is 0 Å². The first-order valence-electron chi connectivity index (χ1n) is 11.3. The summed E-state index contributed by atoms with van der Waals surface area (Å²) in [6.45, 7) is 10.1. The summed E-state index contributed by atoms with van der Waals surface area (Å²) in [5.41, 5.74) is 7.00. The lowest BCUT2D eigenvalue weighted by Crippen LogP contribution is -2.20. The highest BCUT2D eigenvalue weighted by Crippen LogP contribution is 2.31. The van der Waals surface area contributed by atoms with Crippen LogP contribution < -0.4 is 10.6 Å². The molecule has 1 heterocycles. The number of hydrogen-bond acceptors (Lipinski definition) is 4. The second kappa shape index (κ2) is 11.7. The minimum atomic E-state index is -0.279.